The quantitative estimate of drug-likeness (QED) is 0.104. The number of hydrogen-bond donors (Lipinski definition) is 0. The second-order valence-electron chi connectivity index (χ2n) is 11.9. The van der Waals surface area contributed by atoms with Crippen LogP contribution < -0.4 is 0 Å². The zero-order valence-corrected chi connectivity index (χ0v) is 26.4. The van der Waals surface area contributed by atoms with E-state index in [0.29, 0.717) is 25.7 Å². The van der Waals surface area contributed by atoms with Crippen LogP contribution in [0, 0.1) is 5.92 Å². The van der Waals surface area contributed by atoms with Crippen LogP contribution >= 0.6 is 0 Å². The van der Waals surface area contributed by atoms with Gasteiger partial charge in [-0.2, -0.15) is 0 Å². The van der Waals surface area contributed by atoms with E-state index in [9.17, 15) is 28.0 Å². The number of rotatable bonds is 18. The minimum Gasteiger partial charge on any atom is -0.461 e. The smallest absolute Gasteiger partial charge is 0.309 e. The van der Waals surface area contributed by atoms with Crippen molar-refractivity contribution in [3.63, 3.8) is 0 Å². The summed E-state index contributed by atoms with van der Waals surface area (Å²) in [5.74, 6) is -4.63. The number of likely N-dealkylation sites (N-methyl/N-ethyl adjacent to an activating group) is 2. The molecule has 0 unspecified atom stereocenters. The number of hydrogen-bond acceptors (Lipinski definition) is 5. The number of amides is 2. The van der Waals surface area contributed by atoms with Gasteiger partial charge in [0.1, 0.15) is 12.6 Å². The first-order chi connectivity index (χ1) is 20.4. The van der Waals surface area contributed by atoms with Crippen LogP contribution in [0.2, 0.25) is 0 Å². The van der Waals surface area contributed by atoms with Gasteiger partial charge in [-0.15, -0.1) is 0 Å². The van der Waals surface area contributed by atoms with E-state index in [0.717, 1.165) is 43.2 Å². The number of ketones is 1. The van der Waals surface area contributed by atoms with Crippen molar-refractivity contribution >= 4 is 23.6 Å². The minimum atomic E-state index is -2.63. The van der Waals surface area contributed by atoms with E-state index in [1.165, 1.54) is 16.8 Å². The van der Waals surface area contributed by atoms with E-state index in [-0.39, 0.29) is 56.4 Å². The Balaban J connectivity index is 2.01. The van der Waals surface area contributed by atoms with Crippen LogP contribution in [-0.4, -0.2) is 66.0 Å². The van der Waals surface area contributed by atoms with Gasteiger partial charge in [0.15, 0.2) is 5.78 Å². The molecule has 43 heavy (non-hydrogen) atoms. The molecule has 240 valence electrons. The summed E-state index contributed by atoms with van der Waals surface area (Å²) in [5.41, 5.74) is 1.78. The van der Waals surface area contributed by atoms with Crippen LogP contribution in [0.4, 0.5) is 8.78 Å². The molecular formula is C34H50F2N2O5. The Kier molecular flexibility index (Phi) is 15.6. The van der Waals surface area contributed by atoms with Gasteiger partial charge in [-0.05, 0) is 37.7 Å². The van der Waals surface area contributed by atoms with Crippen LogP contribution in [0.15, 0.2) is 42.0 Å². The molecule has 1 aliphatic rings. The van der Waals surface area contributed by atoms with Gasteiger partial charge in [0.25, 0.3) is 0 Å². The molecule has 2 rings (SSSR count). The molecule has 1 saturated carbocycles. The lowest BCUT2D eigenvalue weighted by molar-refractivity contribution is -0.153. The molecule has 0 spiro atoms. The lowest BCUT2D eigenvalue weighted by atomic mass is 9.90. The molecule has 0 heterocycles. The Morgan fingerprint density at radius 1 is 1.00 bits per heavy atom. The average molecular weight is 605 g/mol. The van der Waals surface area contributed by atoms with Gasteiger partial charge in [0.2, 0.25) is 17.7 Å². The van der Waals surface area contributed by atoms with Crippen molar-refractivity contribution in [3.05, 3.63) is 47.5 Å². The van der Waals surface area contributed by atoms with Crippen LogP contribution in [0.1, 0.15) is 103 Å². The topological polar surface area (TPSA) is 84.0 Å². The third-order valence-corrected chi connectivity index (χ3v) is 8.10. The fourth-order valence-corrected chi connectivity index (χ4v) is 5.20. The molecule has 0 N–H and O–H groups in total. The second kappa shape index (κ2) is 18.5. The number of Topliss-reactive ketones (excluding diaryl/α,β-unsaturated/α-hetero) is 1. The highest BCUT2D eigenvalue weighted by atomic mass is 19.3. The third kappa shape index (κ3) is 13.4. The molecule has 1 aliphatic carbocycles. The first-order valence-corrected chi connectivity index (χ1v) is 15.7. The van der Waals surface area contributed by atoms with Crippen molar-refractivity contribution in [2.24, 2.45) is 5.92 Å². The van der Waals surface area contributed by atoms with E-state index >= 15 is 0 Å². The first-order valence-electron chi connectivity index (χ1n) is 15.7. The van der Waals surface area contributed by atoms with Gasteiger partial charge < -0.3 is 14.5 Å². The number of esters is 1. The minimum absolute atomic E-state index is 0.0277. The standard InChI is InChI=1S/C34H50F2N2O5/c1-5-6-7-8-12-17-29(39)24-37(3)32(41)30(18-13-16-27-19-21-34(35,36)22-20-27)38(4)31(40)23-26(2)33(42)43-25-28-14-10-9-11-15-28/h9-11,14-16,26,30H,5-8,12-13,17-25H2,1-4H3/t26-,30+/m1/s1. The summed E-state index contributed by atoms with van der Waals surface area (Å²) in [4.78, 5) is 54.7. The summed E-state index contributed by atoms with van der Waals surface area (Å²) < 4.78 is 32.5. The highest BCUT2D eigenvalue weighted by Gasteiger charge is 2.33. The average Bonchev–Trinajstić information content (AvgIpc) is 2.98. The Morgan fingerprint density at radius 2 is 1.65 bits per heavy atom. The van der Waals surface area contributed by atoms with Crippen molar-refractivity contribution in [2.45, 2.75) is 116 Å². The number of halogens is 2. The molecule has 2 amide bonds. The maximum atomic E-state index is 13.6. The maximum absolute atomic E-state index is 13.6. The number of ether oxygens (including phenoxy) is 1. The zero-order valence-electron chi connectivity index (χ0n) is 26.4. The van der Waals surface area contributed by atoms with Crippen LogP contribution in [0.25, 0.3) is 0 Å². The summed E-state index contributed by atoms with van der Waals surface area (Å²) in [5, 5.41) is 0. The van der Waals surface area contributed by atoms with E-state index < -0.39 is 23.9 Å². The third-order valence-electron chi connectivity index (χ3n) is 8.10. The van der Waals surface area contributed by atoms with Crippen LogP contribution in [0.5, 0.6) is 0 Å². The zero-order chi connectivity index (χ0) is 31.8. The van der Waals surface area contributed by atoms with Crippen molar-refractivity contribution in [1.82, 2.24) is 9.80 Å². The Bertz CT molecular complexity index is 1060. The monoisotopic (exact) mass is 604 g/mol. The van der Waals surface area contributed by atoms with E-state index in [4.69, 9.17) is 4.74 Å². The van der Waals surface area contributed by atoms with E-state index in [1.807, 2.05) is 36.4 Å². The van der Waals surface area contributed by atoms with E-state index in [2.05, 4.69) is 6.92 Å². The van der Waals surface area contributed by atoms with Gasteiger partial charge in [0.05, 0.1) is 12.5 Å². The largest absolute Gasteiger partial charge is 0.461 e. The summed E-state index contributed by atoms with van der Waals surface area (Å²) >= 11 is 0. The maximum Gasteiger partial charge on any atom is 0.309 e. The van der Waals surface area contributed by atoms with Crippen molar-refractivity contribution in [3.8, 4) is 0 Å². The molecule has 1 fully saturated rings. The van der Waals surface area contributed by atoms with Gasteiger partial charge >= 0.3 is 5.97 Å². The second-order valence-corrected chi connectivity index (χ2v) is 11.9. The number of alkyl halides is 2. The van der Waals surface area contributed by atoms with Crippen molar-refractivity contribution in [2.75, 3.05) is 20.6 Å². The summed E-state index contributed by atoms with van der Waals surface area (Å²) in [7, 11) is 3.10. The Morgan fingerprint density at radius 3 is 2.30 bits per heavy atom. The number of allylic oxidation sites excluding steroid dienone is 2. The molecule has 0 bridgehead atoms. The van der Waals surface area contributed by atoms with Gasteiger partial charge in [-0.25, -0.2) is 8.78 Å². The highest BCUT2D eigenvalue weighted by molar-refractivity contribution is 5.91. The van der Waals surface area contributed by atoms with Crippen LogP contribution in [0.3, 0.4) is 0 Å². The number of unbranched alkanes of at least 4 members (excludes halogenated alkanes) is 4. The van der Waals surface area contributed by atoms with E-state index in [1.54, 1.807) is 14.0 Å². The number of carbonyl (C=O) groups excluding carboxylic acids is 4. The number of benzene rings is 1. The summed E-state index contributed by atoms with van der Waals surface area (Å²) in [6.07, 6.45) is 8.26. The molecule has 2 atom stereocenters. The van der Waals surface area contributed by atoms with Gasteiger partial charge in [0, 0.05) is 39.8 Å². The first kappa shape index (κ1) is 36.1. The molecule has 0 saturated heterocycles. The number of nitrogens with zero attached hydrogens (tertiary/aromatic N) is 2. The molecular weight excluding hydrogens is 554 g/mol. The molecule has 0 aromatic heterocycles. The lowest BCUT2D eigenvalue weighted by Crippen LogP contribution is -2.49. The Hall–Kier alpha value is -3.10. The fourth-order valence-electron chi connectivity index (χ4n) is 5.20. The fraction of sp³-hybridized carbons (Fsp3) is 0.647. The lowest BCUT2D eigenvalue weighted by Gasteiger charge is -2.31. The predicted molar refractivity (Wildman–Crippen MR) is 163 cm³/mol. The normalized spacial score (nSPS) is 15.7. The van der Waals surface area contributed by atoms with Crippen molar-refractivity contribution in [1.29, 1.82) is 0 Å². The Labute approximate surface area is 256 Å². The van der Waals surface area contributed by atoms with Crippen LogP contribution in [-0.2, 0) is 30.5 Å². The summed E-state index contributed by atoms with van der Waals surface area (Å²) in [6, 6.07) is 8.39. The molecule has 7 nitrogen and oxygen atoms in total. The molecule has 0 aliphatic heterocycles. The predicted octanol–water partition coefficient (Wildman–Crippen LogP) is 6.89. The van der Waals surface area contributed by atoms with Gasteiger partial charge in [-0.1, -0.05) is 81.5 Å². The molecule has 9 heteroatoms. The highest BCUT2D eigenvalue weighted by Crippen LogP contribution is 2.36. The molecule has 0 radical (unpaired) electrons. The molecule has 1 aromatic rings. The summed E-state index contributed by atoms with van der Waals surface area (Å²) in [6.45, 7) is 3.81. The number of carbonyl (C=O) groups is 4. The van der Waals surface area contributed by atoms with Crippen molar-refractivity contribution < 1.29 is 32.7 Å². The SMILES string of the molecule is CCCCCCCC(=O)CN(C)C(=O)[C@H](CCC=C1CCC(F)(F)CC1)N(C)C(=O)C[C@@H](C)C(=O)OCc1ccccc1. The molecule has 1 aromatic carbocycles. The van der Waals surface area contributed by atoms with Gasteiger partial charge in [-0.3, -0.25) is 19.2 Å².